The summed E-state index contributed by atoms with van der Waals surface area (Å²) in [5.41, 5.74) is 0. The van der Waals surface area contributed by atoms with Gasteiger partial charge in [-0.2, -0.15) is 0 Å². The maximum Gasteiger partial charge on any atom is 0.00720 e. The molecule has 0 saturated heterocycles. The van der Waals surface area contributed by atoms with Crippen molar-refractivity contribution < 1.29 is 0 Å². The van der Waals surface area contributed by atoms with E-state index in [2.05, 4.69) is 121 Å². The van der Waals surface area contributed by atoms with Gasteiger partial charge in [0.15, 0.2) is 0 Å². The first kappa shape index (κ1) is 26.5. The van der Waals surface area contributed by atoms with E-state index in [0.29, 0.717) is 0 Å². The Hall–Kier alpha value is -1.56. The predicted octanol–water partition coefficient (Wildman–Crippen LogP) is 8.58. The van der Waals surface area contributed by atoms with Crippen LogP contribution in [0.5, 0.6) is 0 Å². The van der Waals surface area contributed by atoms with Crippen LogP contribution in [-0.2, 0) is 0 Å². The highest BCUT2D eigenvalue weighted by Crippen LogP contribution is 2.41. The molecule has 0 bridgehead atoms. The topological polar surface area (TPSA) is 0 Å². The van der Waals surface area contributed by atoms with Crippen LogP contribution in [-0.4, -0.2) is 36.2 Å². The lowest BCUT2D eigenvalue weighted by Gasteiger charge is -2.22. The van der Waals surface area contributed by atoms with Crippen LogP contribution in [0.25, 0.3) is 0 Å². The van der Waals surface area contributed by atoms with Gasteiger partial charge in [-0.05, 0) is 65.9 Å². The number of hydrogen-bond donors (Lipinski definition) is 0. The lowest BCUT2D eigenvalue weighted by Crippen LogP contribution is -2.11. The average Bonchev–Trinajstić information content (AvgIpc) is 2.93. The second-order valence-corrected chi connectivity index (χ2v) is 15.6. The molecule has 4 heteroatoms. The third-order valence-electron chi connectivity index (χ3n) is 5.85. The molecule has 0 fully saturated rings. The summed E-state index contributed by atoms with van der Waals surface area (Å²) in [6.07, 6.45) is 6.60. The van der Waals surface area contributed by atoms with E-state index in [1.807, 2.05) is 23.5 Å². The fourth-order valence-electron chi connectivity index (χ4n) is 4.05. The molecular weight excluding hydrogens is 498 g/mol. The van der Waals surface area contributed by atoms with E-state index in [1.54, 1.807) is 10.6 Å². The zero-order valence-corrected chi connectivity index (χ0v) is 23.6. The van der Waals surface area contributed by atoms with Crippen molar-refractivity contribution in [1.29, 1.82) is 0 Å². The van der Waals surface area contributed by atoms with E-state index < -0.39 is 0 Å². The van der Waals surface area contributed by atoms with Gasteiger partial charge < -0.3 is 0 Å². The van der Waals surface area contributed by atoms with Crippen LogP contribution in [0.15, 0.2) is 131 Å². The monoisotopic (exact) mass is 532 g/mol. The van der Waals surface area contributed by atoms with Crippen molar-refractivity contribution in [1.82, 2.24) is 0 Å². The van der Waals surface area contributed by atoms with E-state index in [4.69, 9.17) is 0 Å². The normalized spacial score (nSPS) is 12.8. The summed E-state index contributed by atoms with van der Waals surface area (Å²) in [5, 5.41) is 3.14. The van der Waals surface area contributed by atoms with Gasteiger partial charge in [0.2, 0.25) is 0 Å². The summed E-state index contributed by atoms with van der Waals surface area (Å²) >= 11 is 4.01. The predicted molar refractivity (Wildman–Crippen MR) is 164 cm³/mol. The average molecular weight is 533 g/mol. The fourth-order valence-corrected chi connectivity index (χ4v) is 11.7. The Morgan fingerprint density at radius 3 is 1.11 bits per heavy atom. The lowest BCUT2D eigenvalue weighted by atomic mass is 10.4. The third kappa shape index (κ3) is 9.44. The highest BCUT2D eigenvalue weighted by molar-refractivity contribution is 8.00. The van der Waals surface area contributed by atoms with Crippen molar-refractivity contribution in [3.05, 3.63) is 121 Å². The summed E-state index contributed by atoms with van der Waals surface area (Å²) in [6, 6.07) is 44.3. The second-order valence-electron chi connectivity index (χ2n) is 8.32. The molecule has 4 rings (SSSR count). The SMILES string of the molecule is c1ccc(SCCP(CCCP(CCSc2ccccc2)c2ccccc2)c2ccccc2)cc1. The maximum absolute atomic E-state index is 2.36. The van der Waals surface area contributed by atoms with Crippen molar-refractivity contribution in [2.45, 2.75) is 16.2 Å². The molecule has 0 aliphatic carbocycles. The van der Waals surface area contributed by atoms with Crippen LogP contribution < -0.4 is 10.6 Å². The molecule has 0 nitrogen and oxygen atoms in total. The third-order valence-corrected chi connectivity index (χ3v) is 13.8. The molecule has 0 aliphatic heterocycles. The molecule has 0 radical (unpaired) electrons. The summed E-state index contributed by atoms with van der Waals surface area (Å²) in [6.45, 7) is 0. The van der Waals surface area contributed by atoms with Crippen molar-refractivity contribution in [3.8, 4) is 0 Å². The smallest absolute Gasteiger partial charge is 0.00720 e. The van der Waals surface area contributed by atoms with E-state index in [0.717, 1.165) is 0 Å². The van der Waals surface area contributed by atoms with Gasteiger partial charge in [0, 0.05) is 21.3 Å². The summed E-state index contributed by atoms with van der Waals surface area (Å²) < 4.78 is 0. The largest absolute Gasteiger partial charge is 0.126 e. The van der Waals surface area contributed by atoms with Gasteiger partial charge in [0.05, 0.1) is 0 Å². The molecule has 0 spiro atoms. The number of benzene rings is 4. The molecule has 0 aromatic heterocycles. The van der Waals surface area contributed by atoms with E-state index >= 15 is 0 Å². The van der Waals surface area contributed by atoms with Crippen LogP contribution in [0.2, 0.25) is 0 Å². The van der Waals surface area contributed by atoms with Gasteiger partial charge in [0.1, 0.15) is 0 Å². The second kappa shape index (κ2) is 15.5. The van der Waals surface area contributed by atoms with Crippen molar-refractivity contribution in [2.75, 3.05) is 36.2 Å². The Balaban J connectivity index is 1.33. The first-order valence-electron chi connectivity index (χ1n) is 12.3. The van der Waals surface area contributed by atoms with Crippen LogP contribution in [0.4, 0.5) is 0 Å². The minimum atomic E-state index is -0.116. The summed E-state index contributed by atoms with van der Waals surface area (Å²) in [4.78, 5) is 2.78. The maximum atomic E-state index is 2.36. The Morgan fingerprint density at radius 2 is 0.743 bits per heavy atom. The zero-order chi connectivity index (χ0) is 24.0. The molecule has 4 aromatic carbocycles. The molecule has 0 N–H and O–H groups in total. The molecule has 0 amide bonds. The number of rotatable bonds is 14. The molecule has 2 unspecified atom stereocenters. The van der Waals surface area contributed by atoms with E-state index in [9.17, 15) is 0 Å². The Kier molecular flexibility index (Phi) is 11.8. The molecule has 180 valence electrons. The van der Waals surface area contributed by atoms with Crippen LogP contribution in [0.3, 0.4) is 0 Å². The van der Waals surface area contributed by atoms with Crippen LogP contribution in [0.1, 0.15) is 6.42 Å². The Bertz CT molecular complexity index is 987. The highest BCUT2D eigenvalue weighted by Gasteiger charge is 2.15. The molecule has 2 atom stereocenters. The molecule has 0 aliphatic rings. The van der Waals surface area contributed by atoms with Gasteiger partial charge in [-0.1, -0.05) is 113 Å². The first-order chi connectivity index (χ1) is 17.4. The van der Waals surface area contributed by atoms with Crippen LogP contribution in [0, 0.1) is 0 Å². The van der Waals surface area contributed by atoms with Gasteiger partial charge in [-0.3, -0.25) is 0 Å². The molecule has 0 saturated carbocycles. The molecule has 0 heterocycles. The van der Waals surface area contributed by atoms with Crippen LogP contribution >= 0.6 is 39.4 Å². The molecular formula is C31H34P2S2. The minimum absolute atomic E-state index is 0.116. The van der Waals surface area contributed by atoms with Gasteiger partial charge in [-0.15, -0.1) is 23.5 Å². The van der Waals surface area contributed by atoms with Gasteiger partial charge in [0.25, 0.3) is 0 Å². The standard InChI is InChI=1S/C31H34P2S2/c1-5-14-28(15-6-1)32(24-26-34-30-18-9-3-10-19-30)22-13-23-33(29-16-7-2-8-17-29)25-27-35-31-20-11-4-12-21-31/h1-12,14-21H,13,22-27H2. The lowest BCUT2D eigenvalue weighted by molar-refractivity contribution is 1.10. The first-order valence-corrected chi connectivity index (χ1v) is 17.7. The highest BCUT2D eigenvalue weighted by atomic mass is 32.2. The molecule has 35 heavy (non-hydrogen) atoms. The van der Waals surface area contributed by atoms with E-state index in [-0.39, 0.29) is 15.8 Å². The fraction of sp³-hybridized carbons (Fsp3) is 0.226. The zero-order valence-electron chi connectivity index (χ0n) is 20.2. The van der Waals surface area contributed by atoms with Crippen molar-refractivity contribution in [3.63, 3.8) is 0 Å². The Labute approximate surface area is 222 Å². The summed E-state index contributed by atoms with van der Waals surface area (Å²) in [5.74, 6) is 2.40. The van der Waals surface area contributed by atoms with Crippen molar-refractivity contribution >= 4 is 50.0 Å². The Morgan fingerprint density at radius 1 is 0.400 bits per heavy atom. The number of hydrogen-bond acceptors (Lipinski definition) is 2. The van der Waals surface area contributed by atoms with Crippen molar-refractivity contribution in [2.24, 2.45) is 0 Å². The van der Waals surface area contributed by atoms with E-state index in [1.165, 1.54) is 52.4 Å². The van der Waals surface area contributed by atoms with Gasteiger partial charge in [-0.25, -0.2) is 0 Å². The molecule has 4 aromatic rings. The van der Waals surface area contributed by atoms with Gasteiger partial charge >= 0.3 is 0 Å². The number of thioether (sulfide) groups is 2. The minimum Gasteiger partial charge on any atom is -0.126 e. The summed E-state index contributed by atoms with van der Waals surface area (Å²) in [7, 11) is -0.233. The quantitative estimate of drug-likeness (QED) is 0.118.